The third-order valence-corrected chi connectivity index (χ3v) is 6.51. The Kier molecular flexibility index (Phi) is 7.31. The fraction of sp³-hybridized carbons (Fsp3) is 0.500. The first-order valence-corrected chi connectivity index (χ1v) is 11.1. The smallest absolute Gasteiger partial charge is 0.230 e. The van der Waals surface area contributed by atoms with Crippen LogP contribution in [0, 0.1) is 13.8 Å². The Bertz CT molecular complexity index is 850. The summed E-state index contributed by atoms with van der Waals surface area (Å²) in [7, 11) is 0. The number of ether oxygens (including phenoxy) is 1. The lowest BCUT2D eigenvalue weighted by atomic mass is 10.1. The summed E-state index contributed by atoms with van der Waals surface area (Å²) in [5.74, 6) is 0.224. The molecule has 0 bridgehead atoms. The standard InChI is InChI=1S/C20H25Cl2N3O2S/c1-12-14(3)25(10-16-5-4-8-27-16)20(24-12)28-11-19(26)23-13(2)17-7-6-15(21)9-18(17)22/h6-7,9,13,16H,4-5,8,10-11H2,1-3H3,(H,23,26). The van der Waals surface area contributed by atoms with Crippen molar-refractivity contribution in [3.8, 4) is 0 Å². The minimum Gasteiger partial charge on any atom is -0.376 e. The maximum Gasteiger partial charge on any atom is 0.230 e. The average molecular weight is 442 g/mol. The van der Waals surface area contributed by atoms with Crippen molar-refractivity contribution in [3.05, 3.63) is 45.2 Å². The number of hydrogen-bond donors (Lipinski definition) is 1. The molecule has 1 fully saturated rings. The van der Waals surface area contributed by atoms with Crippen molar-refractivity contribution < 1.29 is 9.53 Å². The van der Waals surface area contributed by atoms with Crippen molar-refractivity contribution in [2.45, 2.75) is 57.5 Å². The monoisotopic (exact) mass is 441 g/mol. The molecule has 1 aliphatic heterocycles. The van der Waals surface area contributed by atoms with Gasteiger partial charge < -0.3 is 14.6 Å². The van der Waals surface area contributed by atoms with Gasteiger partial charge in [-0.2, -0.15) is 0 Å². The first kappa shape index (κ1) is 21.5. The van der Waals surface area contributed by atoms with Crippen molar-refractivity contribution in [2.75, 3.05) is 12.4 Å². The number of aryl methyl sites for hydroxylation is 1. The van der Waals surface area contributed by atoms with Gasteiger partial charge in [0.2, 0.25) is 5.91 Å². The van der Waals surface area contributed by atoms with Crippen molar-refractivity contribution in [1.29, 1.82) is 0 Å². The van der Waals surface area contributed by atoms with Crippen molar-refractivity contribution in [1.82, 2.24) is 14.9 Å². The van der Waals surface area contributed by atoms with Crippen molar-refractivity contribution in [3.63, 3.8) is 0 Å². The Labute approximate surface area is 180 Å². The van der Waals surface area contributed by atoms with Crippen LogP contribution < -0.4 is 5.32 Å². The lowest BCUT2D eigenvalue weighted by Crippen LogP contribution is -2.28. The predicted octanol–water partition coefficient (Wildman–Crippen LogP) is 4.96. The quantitative estimate of drug-likeness (QED) is 0.617. The van der Waals surface area contributed by atoms with Gasteiger partial charge in [0, 0.05) is 22.3 Å². The number of benzene rings is 1. The van der Waals surface area contributed by atoms with E-state index in [2.05, 4.69) is 21.8 Å². The summed E-state index contributed by atoms with van der Waals surface area (Å²) < 4.78 is 7.93. The van der Waals surface area contributed by atoms with E-state index in [4.69, 9.17) is 27.9 Å². The van der Waals surface area contributed by atoms with E-state index >= 15 is 0 Å². The van der Waals surface area contributed by atoms with Gasteiger partial charge >= 0.3 is 0 Å². The molecule has 2 aromatic rings. The lowest BCUT2D eigenvalue weighted by Gasteiger charge is -2.17. The largest absolute Gasteiger partial charge is 0.376 e. The second kappa shape index (κ2) is 9.53. The maximum atomic E-state index is 12.5. The van der Waals surface area contributed by atoms with Crippen molar-refractivity contribution in [2.24, 2.45) is 0 Å². The number of amides is 1. The van der Waals surface area contributed by atoms with Gasteiger partial charge in [0.1, 0.15) is 0 Å². The summed E-state index contributed by atoms with van der Waals surface area (Å²) in [5, 5.41) is 4.97. The normalized spacial score (nSPS) is 17.7. The molecule has 2 heterocycles. The highest BCUT2D eigenvalue weighted by Crippen LogP contribution is 2.27. The van der Waals surface area contributed by atoms with Gasteiger partial charge in [-0.15, -0.1) is 0 Å². The summed E-state index contributed by atoms with van der Waals surface area (Å²) >= 11 is 13.6. The number of rotatable bonds is 7. The lowest BCUT2D eigenvalue weighted by molar-refractivity contribution is -0.119. The third kappa shape index (κ3) is 5.23. The first-order valence-electron chi connectivity index (χ1n) is 9.37. The molecule has 1 saturated heterocycles. The molecule has 1 aromatic carbocycles. The van der Waals surface area contributed by atoms with E-state index in [0.717, 1.165) is 48.1 Å². The number of nitrogens with one attached hydrogen (secondary N) is 1. The zero-order chi connectivity index (χ0) is 20.3. The number of thioether (sulfide) groups is 1. The van der Waals surface area contributed by atoms with E-state index in [1.165, 1.54) is 11.8 Å². The zero-order valence-corrected chi connectivity index (χ0v) is 18.6. The van der Waals surface area contributed by atoms with Gasteiger partial charge in [0.25, 0.3) is 0 Å². The Balaban J connectivity index is 1.60. The van der Waals surface area contributed by atoms with Crippen LogP contribution in [0.15, 0.2) is 23.4 Å². The van der Waals surface area contributed by atoms with Gasteiger partial charge in [-0.25, -0.2) is 4.98 Å². The Morgan fingerprint density at radius 2 is 2.21 bits per heavy atom. The SMILES string of the molecule is Cc1nc(SCC(=O)NC(C)c2ccc(Cl)cc2Cl)n(CC2CCCO2)c1C. The minimum atomic E-state index is -0.201. The predicted molar refractivity (Wildman–Crippen MR) is 114 cm³/mol. The van der Waals surface area contributed by atoms with Gasteiger partial charge in [-0.05, 0) is 51.3 Å². The molecule has 0 spiro atoms. The van der Waals surface area contributed by atoms with E-state index in [9.17, 15) is 4.79 Å². The highest BCUT2D eigenvalue weighted by atomic mass is 35.5. The summed E-state index contributed by atoms with van der Waals surface area (Å²) in [6, 6.07) is 5.09. The molecule has 1 amide bonds. The van der Waals surface area contributed by atoms with Crippen LogP contribution >= 0.6 is 35.0 Å². The maximum absolute atomic E-state index is 12.5. The van der Waals surface area contributed by atoms with E-state index in [-0.39, 0.29) is 23.8 Å². The van der Waals surface area contributed by atoms with Gasteiger partial charge in [-0.1, -0.05) is 41.0 Å². The fourth-order valence-corrected chi connectivity index (χ4v) is 4.77. The highest BCUT2D eigenvalue weighted by molar-refractivity contribution is 7.99. The number of hydrogen-bond acceptors (Lipinski definition) is 4. The summed E-state index contributed by atoms with van der Waals surface area (Å²) in [4.78, 5) is 17.1. The molecule has 1 N–H and O–H groups in total. The number of imidazole rings is 1. The Morgan fingerprint density at radius 3 is 2.89 bits per heavy atom. The molecule has 8 heteroatoms. The van der Waals surface area contributed by atoms with Crippen LogP contribution in [0.5, 0.6) is 0 Å². The third-order valence-electron chi connectivity index (χ3n) is 4.97. The molecule has 1 aliphatic rings. The summed E-state index contributed by atoms with van der Waals surface area (Å²) in [6.07, 6.45) is 2.40. The van der Waals surface area contributed by atoms with Crippen LogP contribution in [0.25, 0.3) is 0 Å². The molecule has 1 aromatic heterocycles. The number of aromatic nitrogens is 2. The van der Waals surface area contributed by atoms with Gasteiger partial charge in [-0.3, -0.25) is 4.79 Å². The first-order chi connectivity index (χ1) is 13.3. The number of carbonyl (C=O) groups excluding carboxylic acids is 1. The summed E-state index contributed by atoms with van der Waals surface area (Å²) in [5.41, 5.74) is 2.96. The molecule has 0 radical (unpaired) electrons. The van der Waals surface area contributed by atoms with Gasteiger partial charge in [0.15, 0.2) is 5.16 Å². The summed E-state index contributed by atoms with van der Waals surface area (Å²) in [6.45, 7) is 7.58. The van der Waals surface area contributed by atoms with Crippen molar-refractivity contribution >= 4 is 40.9 Å². The minimum absolute atomic E-state index is 0.0644. The van der Waals surface area contributed by atoms with E-state index in [0.29, 0.717) is 10.0 Å². The zero-order valence-electron chi connectivity index (χ0n) is 16.3. The Morgan fingerprint density at radius 1 is 1.43 bits per heavy atom. The fourth-order valence-electron chi connectivity index (χ4n) is 3.28. The van der Waals surface area contributed by atoms with Crippen LogP contribution in [0.3, 0.4) is 0 Å². The molecule has 152 valence electrons. The van der Waals surface area contributed by atoms with Crippen LogP contribution in [0.4, 0.5) is 0 Å². The van der Waals surface area contributed by atoms with Crippen LogP contribution in [-0.4, -0.2) is 33.9 Å². The highest BCUT2D eigenvalue weighted by Gasteiger charge is 2.21. The van der Waals surface area contributed by atoms with E-state index < -0.39 is 0 Å². The van der Waals surface area contributed by atoms with Crippen LogP contribution in [0.2, 0.25) is 10.0 Å². The molecule has 3 rings (SSSR count). The second-order valence-corrected chi connectivity index (χ2v) is 8.84. The van der Waals surface area contributed by atoms with Gasteiger partial charge in [0.05, 0.1) is 30.1 Å². The number of halogens is 2. The van der Waals surface area contributed by atoms with E-state index in [1.807, 2.05) is 19.9 Å². The number of carbonyl (C=O) groups is 1. The molecule has 28 heavy (non-hydrogen) atoms. The molecule has 2 atom stereocenters. The molecule has 5 nitrogen and oxygen atoms in total. The van der Waals surface area contributed by atoms with Crippen LogP contribution in [-0.2, 0) is 16.1 Å². The molecule has 0 aliphatic carbocycles. The molecular weight excluding hydrogens is 417 g/mol. The Hall–Kier alpha value is -1.21. The molecule has 0 saturated carbocycles. The molecular formula is C20H25Cl2N3O2S. The molecule has 2 unspecified atom stereocenters. The number of nitrogens with zero attached hydrogens (tertiary/aromatic N) is 2. The topological polar surface area (TPSA) is 56.2 Å². The average Bonchev–Trinajstić information content (AvgIpc) is 3.24. The van der Waals surface area contributed by atoms with Crippen LogP contribution in [0.1, 0.15) is 42.8 Å². The van der Waals surface area contributed by atoms with E-state index in [1.54, 1.807) is 12.1 Å². The second-order valence-electron chi connectivity index (χ2n) is 7.05.